The molecule has 0 amide bonds. The lowest BCUT2D eigenvalue weighted by atomic mass is 10.3. The minimum absolute atomic E-state index is 0.0788. The van der Waals surface area contributed by atoms with Gasteiger partial charge >= 0.3 is 23.0 Å². The van der Waals surface area contributed by atoms with Gasteiger partial charge in [0.2, 0.25) is 0 Å². The van der Waals surface area contributed by atoms with Crippen molar-refractivity contribution in [1.29, 1.82) is 0 Å². The van der Waals surface area contributed by atoms with Gasteiger partial charge in [-0.05, 0) is 18.2 Å². The fourth-order valence-electron chi connectivity index (χ4n) is 2.47. The van der Waals surface area contributed by atoms with Gasteiger partial charge in [-0.25, -0.2) is 32.9 Å². The van der Waals surface area contributed by atoms with Gasteiger partial charge in [0, 0.05) is 5.02 Å². The molecule has 9 nitrogen and oxygen atoms in total. The van der Waals surface area contributed by atoms with Crippen LogP contribution in [0.3, 0.4) is 0 Å². The molecule has 160 valence electrons. The van der Waals surface area contributed by atoms with Crippen molar-refractivity contribution in [3.63, 3.8) is 0 Å². The number of rotatable bonds is 10. The molecule has 30 heavy (non-hydrogen) atoms. The number of hydrogen-bond donors (Lipinski definition) is 0. The molecule has 0 aliphatic heterocycles. The Morgan fingerprint density at radius 1 is 0.967 bits per heavy atom. The van der Waals surface area contributed by atoms with Crippen molar-refractivity contribution in [3.8, 4) is 5.75 Å². The number of aromatic nitrogens is 3. The second-order valence-electron chi connectivity index (χ2n) is 5.88. The Labute approximate surface area is 181 Å². The molecule has 0 radical (unpaired) electrons. The summed E-state index contributed by atoms with van der Waals surface area (Å²) in [6.07, 6.45) is 2.71. The Bertz CT molecular complexity index is 1080. The summed E-state index contributed by atoms with van der Waals surface area (Å²) in [4.78, 5) is 49.1. The standard InChI is InChI=1S/C19H19Cl2N3O6/c1-3-7-22-17(26)23(8-4-2)19(28)24(18(22)27)9-10-29-16(25)12-30-15-6-5-13(20)11-14(15)21/h3-6,11H,1-2,7-10,12H2. The lowest BCUT2D eigenvalue weighted by molar-refractivity contribution is -0.146. The van der Waals surface area contributed by atoms with Gasteiger partial charge in [0.25, 0.3) is 0 Å². The number of esters is 1. The van der Waals surface area contributed by atoms with E-state index in [0.717, 1.165) is 13.7 Å². The molecule has 1 aromatic heterocycles. The molecular weight excluding hydrogens is 437 g/mol. The SMILES string of the molecule is C=CCn1c(=O)n(CC=C)c(=O)n(CCOC(=O)COc2ccc(Cl)cc2Cl)c1=O. The van der Waals surface area contributed by atoms with E-state index in [9.17, 15) is 19.2 Å². The molecule has 0 N–H and O–H groups in total. The zero-order chi connectivity index (χ0) is 22.3. The van der Waals surface area contributed by atoms with Crippen LogP contribution in [0.25, 0.3) is 0 Å². The number of nitrogens with zero attached hydrogens (tertiary/aromatic N) is 3. The van der Waals surface area contributed by atoms with Crippen LogP contribution in [-0.2, 0) is 29.2 Å². The van der Waals surface area contributed by atoms with E-state index in [1.54, 1.807) is 6.07 Å². The highest BCUT2D eigenvalue weighted by Gasteiger charge is 2.15. The van der Waals surface area contributed by atoms with Gasteiger partial charge in [-0.1, -0.05) is 35.4 Å². The maximum absolute atomic E-state index is 12.5. The predicted molar refractivity (Wildman–Crippen MR) is 113 cm³/mol. The van der Waals surface area contributed by atoms with E-state index in [2.05, 4.69) is 13.2 Å². The monoisotopic (exact) mass is 455 g/mol. The lowest BCUT2D eigenvalue weighted by Crippen LogP contribution is -2.54. The third-order valence-electron chi connectivity index (χ3n) is 3.83. The van der Waals surface area contributed by atoms with Crippen LogP contribution < -0.4 is 21.8 Å². The molecule has 1 aromatic carbocycles. The summed E-state index contributed by atoms with van der Waals surface area (Å²) in [6, 6.07) is 4.51. The van der Waals surface area contributed by atoms with Crippen LogP contribution in [0, 0.1) is 0 Å². The van der Waals surface area contributed by atoms with Crippen LogP contribution in [0.4, 0.5) is 0 Å². The fourth-order valence-corrected chi connectivity index (χ4v) is 2.93. The summed E-state index contributed by atoms with van der Waals surface area (Å²) < 4.78 is 12.8. The van der Waals surface area contributed by atoms with Crippen LogP contribution in [0.1, 0.15) is 0 Å². The van der Waals surface area contributed by atoms with Crippen LogP contribution in [0.15, 0.2) is 57.9 Å². The molecule has 11 heteroatoms. The molecule has 0 fully saturated rings. The average molecular weight is 456 g/mol. The van der Waals surface area contributed by atoms with Gasteiger partial charge in [0.1, 0.15) is 12.4 Å². The lowest BCUT2D eigenvalue weighted by Gasteiger charge is -2.12. The second kappa shape index (κ2) is 10.7. The molecule has 0 aliphatic rings. The number of halogens is 2. The minimum Gasteiger partial charge on any atom is -0.480 e. The number of hydrogen-bond acceptors (Lipinski definition) is 6. The third-order valence-corrected chi connectivity index (χ3v) is 4.36. The Morgan fingerprint density at radius 3 is 2.07 bits per heavy atom. The van der Waals surface area contributed by atoms with Crippen molar-refractivity contribution >= 4 is 29.2 Å². The summed E-state index contributed by atoms with van der Waals surface area (Å²) in [5.41, 5.74) is -2.43. The number of ether oxygens (including phenoxy) is 2. The molecule has 2 aromatic rings. The van der Waals surface area contributed by atoms with Gasteiger partial charge in [-0.3, -0.25) is 0 Å². The molecule has 1 heterocycles. The van der Waals surface area contributed by atoms with Crippen LogP contribution in [0.5, 0.6) is 5.75 Å². The summed E-state index contributed by atoms with van der Waals surface area (Å²) in [6.45, 7) is 5.85. The average Bonchev–Trinajstić information content (AvgIpc) is 2.70. The first-order chi connectivity index (χ1) is 14.3. The third kappa shape index (κ3) is 5.52. The van der Waals surface area contributed by atoms with E-state index in [4.69, 9.17) is 32.7 Å². The normalized spacial score (nSPS) is 10.5. The number of carbonyl (C=O) groups is 1. The quantitative estimate of drug-likeness (QED) is 0.397. The summed E-state index contributed by atoms with van der Waals surface area (Å²) >= 11 is 11.7. The first kappa shape index (κ1) is 23.2. The van der Waals surface area contributed by atoms with Gasteiger partial charge in [-0.15, -0.1) is 13.2 Å². The van der Waals surface area contributed by atoms with Crippen LogP contribution in [-0.4, -0.2) is 32.9 Å². The summed E-state index contributed by atoms with van der Waals surface area (Å²) in [5.74, 6) is -0.488. The molecule has 0 spiro atoms. The molecule has 2 rings (SSSR count). The van der Waals surface area contributed by atoms with Gasteiger partial charge in [0.05, 0.1) is 24.7 Å². The topological polar surface area (TPSA) is 102 Å². The van der Waals surface area contributed by atoms with Gasteiger partial charge in [-0.2, -0.15) is 0 Å². The molecule has 0 atom stereocenters. The fraction of sp³-hybridized carbons (Fsp3) is 0.263. The maximum atomic E-state index is 12.5. The van der Waals surface area contributed by atoms with Crippen molar-refractivity contribution in [3.05, 3.63) is 85.0 Å². The maximum Gasteiger partial charge on any atom is 0.344 e. The van der Waals surface area contributed by atoms with E-state index in [1.807, 2.05) is 0 Å². The van der Waals surface area contributed by atoms with Gasteiger partial charge < -0.3 is 9.47 Å². The van der Waals surface area contributed by atoms with Crippen molar-refractivity contribution < 1.29 is 14.3 Å². The Kier molecular flexibility index (Phi) is 8.25. The van der Waals surface area contributed by atoms with Crippen molar-refractivity contribution in [2.45, 2.75) is 19.6 Å². The van der Waals surface area contributed by atoms with E-state index < -0.39 is 29.6 Å². The largest absolute Gasteiger partial charge is 0.480 e. The second-order valence-corrected chi connectivity index (χ2v) is 6.73. The van der Waals surface area contributed by atoms with Crippen LogP contribution in [0.2, 0.25) is 10.0 Å². The van der Waals surface area contributed by atoms with E-state index >= 15 is 0 Å². The zero-order valence-corrected chi connectivity index (χ0v) is 17.4. The highest BCUT2D eigenvalue weighted by molar-refractivity contribution is 6.35. The Balaban J connectivity index is 2.07. The number of carbonyl (C=O) groups excluding carboxylic acids is 1. The highest BCUT2D eigenvalue weighted by Crippen LogP contribution is 2.27. The zero-order valence-electron chi connectivity index (χ0n) is 15.9. The molecular formula is C19H19Cl2N3O6. The first-order valence-corrected chi connectivity index (χ1v) is 9.45. The van der Waals surface area contributed by atoms with Crippen molar-refractivity contribution in [1.82, 2.24) is 13.7 Å². The van der Waals surface area contributed by atoms with Gasteiger partial charge in [0.15, 0.2) is 6.61 Å². The highest BCUT2D eigenvalue weighted by atomic mass is 35.5. The summed E-state index contributed by atoms with van der Waals surface area (Å²) in [5, 5.41) is 0.648. The van der Waals surface area contributed by atoms with Crippen LogP contribution >= 0.6 is 23.2 Å². The number of benzene rings is 1. The molecule has 0 bridgehead atoms. The first-order valence-electron chi connectivity index (χ1n) is 8.69. The molecule has 0 saturated heterocycles. The number of allylic oxidation sites excluding steroid dienone is 2. The van der Waals surface area contributed by atoms with E-state index in [-0.39, 0.29) is 37.0 Å². The van der Waals surface area contributed by atoms with E-state index in [0.29, 0.717) is 5.02 Å². The van der Waals surface area contributed by atoms with Crippen molar-refractivity contribution in [2.24, 2.45) is 0 Å². The predicted octanol–water partition coefficient (Wildman–Crippen LogP) is 1.47. The molecule has 0 saturated carbocycles. The summed E-state index contributed by atoms with van der Waals surface area (Å²) in [7, 11) is 0. The molecule has 0 unspecified atom stereocenters. The Hall–Kier alpha value is -3.04. The molecule has 0 aliphatic carbocycles. The minimum atomic E-state index is -0.828. The Morgan fingerprint density at radius 2 is 1.53 bits per heavy atom. The smallest absolute Gasteiger partial charge is 0.344 e. The van der Waals surface area contributed by atoms with Crippen molar-refractivity contribution in [2.75, 3.05) is 13.2 Å². The van der Waals surface area contributed by atoms with E-state index in [1.165, 1.54) is 24.3 Å².